The average Bonchev–Trinajstić information content (AvgIpc) is 2.58. The molecule has 8 nitrogen and oxygen atoms in total. The maximum Gasteiger partial charge on any atom is 0.320 e. The fourth-order valence-electron chi connectivity index (χ4n) is 2.29. The molecule has 0 aromatic heterocycles. The van der Waals surface area contributed by atoms with Crippen LogP contribution in [0.1, 0.15) is 17.3 Å². The number of amides is 2. The van der Waals surface area contributed by atoms with Crippen LogP contribution in [0.25, 0.3) is 0 Å². The summed E-state index contributed by atoms with van der Waals surface area (Å²) in [5.74, 6) is -6.82. The number of primary amides is 1. The molecule has 2 atom stereocenters. The Morgan fingerprint density at radius 1 is 1.12 bits per heavy atom. The van der Waals surface area contributed by atoms with Crippen LogP contribution in [0.2, 0.25) is 0 Å². The van der Waals surface area contributed by atoms with Crippen LogP contribution < -0.4 is 11.1 Å². The van der Waals surface area contributed by atoms with Gasteiger partial charge in [-0.2, -0.15) is 0 Å². The molecule has 0 aliphatic heterocycles. The van der Waals surface area contributed by atoms with Gasteiger partial charge in [0.05, 0.1) is 14.2 Å². The van der Waals surface area contributed by atoms with E-state index in [1.165, 1.54) is 19.1 Å². The van der Waals surface area contributed by atoms with Crippen LogP contribution in [0.4, 0.5) is 4.39 Å². The molecule has 25 heavy (non-hydrogen) atoms. The van der Waals surface area contributed by atoms with Crippen molar-refractivity contribution in [3.05, 3.63) is 35.6 Å². The number of carbonyl (C=O) groups excluding carboxylic acids is 4. The Hall–Kier alpha value is -2.97. The number of carbonyl (C=O) groups is 4. The zero-order chi connectivity index (χ0) is 19.1. The van der Waals surface area contributed by atoms with Gasteiger partial charge in [0.25, 0.3) is 5.91 Å². The highest BCUT2D eigenvalue weighted by Crippen LogP contribution is 2.20. The van der Waals surface area contributed by atoms with Gasteiger partial charge in [-0.1, -0.05) is 13.0 Å². The van der Waals surface area contributed by atoms with E-state index in [0.717, 1.165) is 26.4 Å². The van der Waals surface area contributed by atoms with E-state index < -0.39 is 47.4 Å². The first-order chi connectivity index (χ1) is 11.7. The van der Waals surface area contributed by atoms with Crippen molar-refractivity contribution >= 4 is 23.8 Å². The Morgan fingerprint density at radius 3 is 2.12 bits per heavy atom. The van der Waals surface area contributed by atoms with Crippen LogP contribution in [0.5, 0.6) is 0 Å². The van der Waals surface area contributed by atoms with Gasteiger partial charge in [-0.3, -0.25) is 19.2 Å². The first kappa shape index (κ1) is 20.1. The highest BCUT2D eigenvalue weighted by molar-refractivity contribution is 5.99. The van der Waals surface area contributed by atoms with Crippen LogP contribution in [0.3, 0.4) is 0 Å². The highest BCUT2D eigenvalue weighted by Gasteiger charge is 2.41. The van der Waals surface area contributed by atoms with Gasteiger partial charge >= 0.3 is 11.9 Å². The van der Waals surface area contributed by atoms with Crippen LogP contribution >= 0.6 is 0 Å². The number of nitrogens with two attached hydrogens (primary N) is 1. The minimum Gasteiger partial charge on any atom is -0.468 e. The number of esters is 2. The molecule has 9 heteroatoms. The van der Waals surface area contributed by atoms with Gasteiger partial charge in [0, 0.05) is 11.5 Å². The number of methoxy groups -OCH3 is 2. The third-order valence-corrected chi connectivity index (χ3v) is 3.64. The lowest BCUT2D eigenvalue weighted by atomic mass is 9.86. The summed E-state index contributed by atoms with van der Waals surface area (Å²) in [6.07, 6.45) is 0. The number of nitrogens with one attached hydrogen (secondary N) is 1. The summed E-state index contributed by atoms with van der Waals surface area (Å²) in [7, 11) is 2.13. The summed E-state index contributed by atoms with van der Waals surface area (Å²) in [5, 5.41) is 2.30. The van der Waals surface area contributed by atoms with Crippen molar-refractivity contribution in [3.63, 3.8) is 0 Å². The third-order valence-electron chi connectivity index (χ3n) is 3.64. The standard InChI is InChI=1S/C16H19FN2O6/c1-8(11(15(22)24-2)16(23)25-3)12(13(18)20)19-14(21)9-5-4-6-10(17)7-9/h4-8,11-12H,1-3H3,(H2,18,20)(H,19,21)/t8-,12+/m0/s1. The first-order valence-electron chi connectivity index (χ1n) is 7.24. The third kappa shape index (κ3) is 5.00. The fraction of sp³-hybridized carbons (Fsp3) is 0.375. The van der Waals surface area contributed by atoms with Crippen molar-refractivity contribution < 1.29 is 33.0 Å². The van der Waals surface area contributed by atoms with Crippen molar-refractivity contribution in [1.29, 1.82) is 0 Å². The second-order valence-electron chi connectivity index (χ2n) is 5.25. The van der Waals surface area contributed by atoms with Gasteiger partial charge in [-0.05, 0) is 18.2 Å². The summed E-state index contributed by atoms with van der Waals surface area (Å²) in [5.41, 5.74) is 5.23. The van der Waals surface area contributed by atoms with Crippen molar-refractivity contribution in [2.24, 2.45) is 17.6 Å². The van der Waals surface area contributed by atoms with E-state index in [0.29, 0.717) is 0 Å². The lowest BCUT2D eigenvalue weighted by Crippen LogP contribution is -2.52. The molecule has 1 aromatic rings. The molecular formula is C16H19FN2O6. The van der Waals surface area contributed by atoms with Gasteiger partial charge in [0.15, 0.2) is 5.92 Å². The quantitative estimate of drug-likeness (QED) is 0.525. The van der Waals surface area contributed by atoms with E-state index >= 15 is 0 Å². The number of rotatable bonds is 7. The van der Waals surface area contributed by atoms with Crippen molar-refractivity contribution in [2.45, 2.75) is 13.0 Å². The van der Waals surface area contributed by atoms with E-state index in [4.69, 9.17) is 5.73 Å². The normalized spacial score (nSPS) is 12.8. The molecular weight excluding hydrogens is 335 g/mol. The Bertz CT molecular complexity index is 662. The van der Waals surface area contributed by atoms with Crippen LogP contribution in [-0.4, -0.2) is 44.0 Å². The van der Waals surface area contributed by atoms with E-state index in [1.807, 2.05) is 0 Å². The zero-order valence-corrected chi connectivity index (χ0v) is 13.9. The molecule has 0 aliphatic rings. The number of ether oxygens (including phenoxy) is 2. The lowest BCUT2D eigenvalue weighted by molar-refractivity contribution is -0.161. The zero-order valence-electron chi connectivity index (χ0n) is 13.9. The molecule has 1 rings (SSSR count). The molecule has 1 aromatic carbocycles. The van der Waals surface area contributed by atoms with Crippen LogP contribution in [0, 0.1) is 17.7 Å². The Labute approximate surface area is 143 Å². The minimum absolute atomic E-state index is 0.0499. The fourth-order valence-corrected chi connectivity index (χ4v) is 2.29. The molecule has 0 aliphatic carbocycles. The summed E-state index contributed by atoms with van der Waals surface area (Å²) < 4.78 is 22.3. The summed E-state index contributed by atoms with van der Waals surface area (Å²) in [4.78, 5) is 47.6. The molecule has 2 amide bonds. The summed E-state index contributed by atoms with van der Waals surface area (Å²) >= 11 is 0. The molecule has 3 N–H and O–H groups in total. The number of hydrogen-bond acceptors (Lipinski definition) is 6. The molecule has 136 valence electrons. The predicted molar refractivity (Wildman–Crippen MR) is 83.5 cm³/mol. The molecule has 0 fully saturated rings. The van der Waals surface area contributed by atoms with Crippen molar-refractivity contribution in [2.75, 3.05) is 14.2 Å². The molecule has 0 saturated carbocycles. The minimum atomic E-state index is -1.47. The van der Waals surface area contributed by atoms with E-state index in [9.17, 15) is 23.6 Å². The van der Waals surface area contributed by atoms with Gasteiger partial charge in [-0.15, -0.1) is 0 Å². The topological polar surface area (TPSA) is 125 Å². The highest BCUT2D eigenvalue weighted by atomic mass is 19.1. The maximum absolute atomic E-state index is 13.2. The molecule has 0 unspecified atom stereocenters. The van der Waals surface area contributed by atoms with Crippen molar-refractivity contribution in [3.8, 4) is 0 Å². The summed E-state index contributed by atoms with van der Waals surface area (Å²) in [6.45, 7) is 1.36. The largest absolute Gasteiger partial charge is 0.468 e. The Kier molecular flexibility index (Phi) is 7.04. The SMILES string of the molecule is COC(=O)C(C(=O)OC)[C@H](C)[C@@H](NC(=O)c1cccc(F)c1)C(N)=O. The van der Waals surface area contributed by atoms with Gasteiger partial charge < -0.3 is 20.5 Å². The first-order valence-corrected chi connectivity index (χ1v) is 7.24. The number of hydrogen-bond donors (Lipinski definition) is 2. The van der Waals surface area contributed by atoms with Crippen molar-refractivity contribution in [1.82, 2.24) is 5.32 Å². The molecule has 0 saturated heterocycles. The predicted octanol–water partition coefficient (Wildman–Crippen LogP) is 0.00770. The monoisotopic (exact) mass is 354 g/mol. The van der Waals surface area contributed by atoms with Crippen LogP contribution in [-0.2, 0) is 23.9 Å². The molecule has 0 heterocycles. The Balaban J connectivity index is 3.08. The Morgan fingerprint density at radius 2 is 1.68 bits per heavy atom. The number of benzene rings is 1. The number of halogens is 1. The maximum atomic E-state index is 13.2. The van der Waals surface area contributed by atoms with Gasteiger partial charge in [-0.25, -0.2) is 4.39 Å². The molecule has 0 radical (unpaired) electrons. The van der Waals surface area contributed by atoms with E-state index in [2.05, 4.69) is 14.8 Å². The van der Waals surface area contributed by atoms with E-state index in [1.54, 1.807) is 0 Å². The second kappa shape index (κ2) is 8.76. The second-order valence-corrected chi connectivity index (χ2v) is 5.25. The summed E-state index contributed by atoms with van der Waals surface area (Å²) in [6, 6.07) is 3.38. The van der Waals surface area contributed by atoms with Gasteiger partial charge in [0.1, 0.15) is 11.9 Å². The lowest BCUT2D eigenvalue weighted by Gasteiger charge is -2.26. The van der Waals surface area contributed by atoms with Gasteiger partial charge in [0.2, 0.25) is 5.91 Å². The molecule has 0 bridgehead atoms. The average molecular weight is 354 g/mol. The molecule has 0 spiro atoms. The van der Waals surface area contributed by atoms with E-state index in [-0.39, 0.29) is 5.56 Å². The van der Waals surface area contributed by atoms with Crippen LogP contribution in [0.15, 0.2) is 24.3 Å². The smallest absolute Gasteiger partial charge is 0.320 e.